The summed E-state index contributed by atoms with van der Waals surface area (Å²) in [6.45, 7) is 0.542. The third kappa shape index (κ3) is 4.13. The van der Waals surface area contributed by atoms with Crippen LogP contribution in [-0.4, -0.2) is 42.5 Å². The second kappa shape index (κ2) is 8.18. The van der Waals surface area contributed by atoms with Crippen LogP contribution in [0.1, 0.15) is 16.9 Å². The molecule has 0 saturated carbocycles. The lowest BCUT2D eigenvalue weighted by Crippen LogP contribution is -2.29. The summed E-state index contributed by atoms with van der Waals surface area (Å²) in [5, 5.41) is 0.969. The first kappa shape index (κ1) is 20.1. The number of hydrogen-bond donors (Lipinski definition) is 0. The average Bonchev–Trinajstić information content (AvgIpc) is 2.99. The first-order valence-corrected chi connectivity index (χ1v) is 10.3. The largest absolute Gasteiger partial charge is 0.464 e. The van der Waals surface area contributed by atoms with E-state index >= 15 is 0 Å². The number of amides is 1. The van der Waals surface area contributed by atoms with E-state index in [1.54, 1.807) is 19.0 Å². The summed E-state index contributed by atoms with van der Waals surface area (Å²) in [6, 6.07) is 5.93. The number of benzene rings is 1. The zero-order chi connectivity index (χ0) is 19.7. The smallest absolute Gasteiger partial charge is 0.354 e. The second-order valence-electron chi connectivity index (χ2n) is 6.64. The number of ether oxygens (including phenoxy) is 1. The maximum Gasteiger partial charge on any atom is 0.354 e. The van der Waals surface area contributed by atoms with Crippen molar-refractivity contribution >= 4 is 61.3 Å². The van der Waals surface area contributed by atoms with Gasteiger partial charge in [0.25, 0.3) is 0 Å². The van der Waals surface area contributed by atoms with Crippen molar-refractivity contribution in [3.8, 4) is 0 Å². The molecule has 1 unspecified atom stereocenters. The van der Waals surface area contributed by atoms with Crippen LogP contribution in [0.3, 0.4) is 0 Å². The van der Waals surface area contributed by atoms with E-state index in [2.05, 4.69) is 50.7 Å². The minimum absolute atomic E-state index is 0.0988. The molecule has 1 aliphatic rings. The number of rotatable bonds is 4. The maximum atomic E-state index is 12.3. The lowest BCUT2D eigenvalue weighted by molar-refractivity contribution is -0.131. The molecule has 1 amide bonds. The van der Waals surface area contributed by atoms with Gasteiger partial charge in [0, 0.05) is 34.1 Å². The first-order chi connectivity index (χ1) is 12.8. The number of carbonyl (C=O) groups excluding carboxylic acids is 2. The zero-order valence-corrected chi connectivity index (χ0v) is 19.1. The lowest BCUT2D eigenvalue weighted by atomic mass is 9.95. The summed E-state index contributed by atoms with van der Waals surface area (Å²) >= 11 is 5.85. The normalized spacial score (nSPS) is 16.3. The Balaban J connectivity index is 1.96. The van der Waals surface area contributed by atoms with Crippen LogP contribution in [0.15, 0.2) is 46.5 Å². The minimum Gasteiger partial charge on any atom is -0.464 e. The Morgan fingerprint density at radius 3 is 2.67 bits per heavy atom. The molecule has 2 aromatic rings. The summed E-state index contributed by atoms with van der Waals surface area (Å²) in [5.41, 5.74) is 2.54. The molecular weight excluding hydrogens is 523 g/mol. The Labute approximate surface area is 180 Å². The van der Waals surface area contributed by atoms with E-state index in [4.69, 9.17) is 4.74 Å². The third-order valence-corrected chi connectivity index (χ3v) is 5.88. The number of aromatic nitrogens is 1. The molecule has 0 radical (unpaired) electrons. The number of nitrogens with zero attached hydrogens (tertiary/aromatic N) is 2. The highest BCUT2D eigenvalue weighted by Gasteiger charge is 2.21. The van der Waals surface area contributed by atoms with Crippen LogP contribution >= 0.6 is 38.5 Å². The van der Waals surface area contributed by atoms with Crippen molar-refractivity contribution in [3.05, 3.63) is 55.7 Å². The van der Waals surface area contributed by atoms with Gasteiger partial charge in [-0.05, 0) is 52.8 Å². The van der Waals surface area contributed by atoms with Gasteiger partial charge in [0.1, 0.15) is 5.69 Å². The van der Waals surface area contributed by atoms with E-state index in [9.17, 15) is 9.59 Å². The van der Waals surface area contributed by atoms with Crippen molar-refractivity contribution in [2.45, 2.75) is 13.0 Å². The molecule has 1 heterocycles. The first-order valence-electron chi connectivity index (χ1n) is 8.46. The fourth-order valence-corrected chi connectivity index (χ4v) is 4.80. The van der Waals surface area contributed by atoms with E-state index in [0.29, 0.717) is 18.7 Å². The quantitative estimate of drug-likeness (QED) is 0.425. The number of allylic oxidation sites excluding steroid dienone is 3. The van der Waals surface area contributed by atoms with Gasteiger partial charge in [-0.3, -0.25) is 4.79 Å². The summed E-state index contributed by atoms with van der Waals surface area (Å²) in [7, 11) is 4.92. The van der Waals surface area contributed by atoms with Crippen molar-refractivity contribution in [3.63, 3.8) is 0 Å². The molecule has 0 fully saturated rings. The van der Waals surface area contributed by atoms with Crippen LogP contribution in [0.2, 0.25) is 0 Å². The fraction of sp³-hybridized carbons (Fsp3) is 0.300. The van der Waals surface area contributed by atoms with Gasteiger partial charge in [0.05, 0.1) is 18.5 Å². The predicted octanol–water partition coefficient (Wildman–Crippen LogP) is 4.39. The molecule has 0 N–H and O–H groups in total. The van der Waals surface area contributed by atoms with Crippen molar-refractivity contribution in [2.24, 2.45) is 5.92 Å². The van der Waals surface area contributed by atoms with Crippen LogP contribution in [0.5, 0.6) is 0 Å². The van der Waals surface area contributed by atoms with Gasteiger partial charge in [-0.2, -0.15) is 0 Å². The number of methoxy groups -OCH3 is 1. The van der Waals surface area contributed by atoms with Crippen molar-refractivity contribution in [2.75, 3.05) is 21.2 Å². The minimum atomic E-state index is -0.367. The topological polar surface area (TPSA) is 51.5 Å². The van der Waals surface area contributed by atoms with Gasteiger partial charge >= 0.3 is 5.97 Å². The SMILES string of the molecule is COC(=O)c1cc2c(Br)cc(I)cc2n1CC1=CCC(C(=O)N(C)C)C=C1. The summed E-state index contributed by atoms with van der Waals surface area (Å²) in [6.07, 6.45) is 6.66. The molecule has 0 saturated heterocycles. The van der Waals surface area contributed by atoms with Gasteiger partial charge in [-0.15, -0.1) is 0 Å². The monoisotopic (exact) mass is 542 g/mol. The Morgan fingerprint density at radius 1 is 1.33 bits per heavy atom. The third-order valence-electron chi connectivity index (χ3n) is 4.60. The highest BCUT2D eigenvalue weighted by molar-refractivity contribution is 14.1. The van der Waals surface area contributed by atoms with E-state index in [0.717, 1.165) is 24.5 Å². The molecular formula is C20H20BrIN2O3. The Morgan fingerprint density at radius 2 is 2.07 bits per heavy atom. The van der Waals surface area contributed by atoms with Gasteiger partial charge in [-0.1, -0.05) is 34.2 Å². The Bertz CT molecular complexity index is 975. The highest BCUT2D eigenvalue weighted by Crippen LogP contribution is 2.31. The molecule has 0 bridgehead atoms. The molecule has 5 nitrogen and oxygen atoms in total. The molecule has 27 heavy (non-hydrogen) atoms. The molecule has 1 atom stereocenters. The van der Waals surface area contributed by atoms with E-state index < -0.39 is 0 Å². The van der Waals surface area contributed by atoms with Gasteiger partial charge in [-0.25, -0.2) is 4.79 Å². The van der Waals surface area contributed by atoms with Crippen LogP contribution in [0.4, 0.5) is 0 Å². The standard InChI is InChI=1S/C20H20BrIN2O3/c1-23(2)19(25)13-6-4-12(5-7-13)11-24-17-9-14(22)8-16(21)15(17)10-18(24)20(26)27-3/h4-6,8-10,13H,7,11H2,1-3H3. The Hall–Kier alpha value is -1.61. The van der Waals surface area contributed by atoms with Gasteiger partial charge in [0.15, 0.2) is 0 Å². The number of esters is 1. The van der Waals surface area contributed by atoms with Gasteiger partial charge in [0.2, 0.25) is 5.91 Å². The van der Waals surface area contributed by atoms with Gasteiger partial charge < -0.3 is 14.2 Å². The van der Waals surface area contributed by atoms with E-state index in [-0.39, 0.29) is 17.8 Å². The van der Waals surface area contributed by atoms with Crippen LogP contribution in [0.25, 0.3) is 10.9 Å². The molecule has 0 aliphatic heterocycles. The van der Waals surface area contributed by atoms with Crippen molar-refractivity contribution < 1.29 is 14.3 Å². The fourth-order valence-electron chi connectivity index (χ4n) is 3.21. The number of fused-ring (bicyclic) bond motifs is 1. The number of halogens is 2. The van der Waals surface area contributed by atoms with E-state index in [1.165, 1.54) is 7.11 Å². The van der Waals surface area contributed by atoms with Crippen LogP contribution in [-0.2, 0) is 16.1 Å². The molecule has 3 rings (SSSR count). The molecule has 142 valence electrons. The molecule has 1 aromatic carbocycles. The van der Waals surface area contributed by atoms with Crippen molar-refractivity contribution in [1.29, 1.82) is 0 Å². The highest BCUT2D eigenvalue weighted by atomic mass is 127. The number of hydrogen-bond acceptors (Lipinski definition) is 3. The van der Waals surface area contributed by atoms with Crippen LogP contribution < -0.4 is 0 Å². The Kier molecular flexibility index (Phi) is 6.10. The molecule has 7 heteroatoms. The van der Waals surface area contributed by atoms with Crippen LogP contribution in [0, 0.1) is 9.49 Å². The average molecular weight is 543 g/mol. The summed E-state index contributed by atoms with van der Waals surface area (Å²) in [5.74, 6) is -0.392. The molecule has 1 aromatic heterocycles. The van der Waals surface area contributed by atoms with E-state index in [1.807, 2.05) is 28.9 Å². The zero-order valence-electron chi connectivity index (χ0n) is 15.3. The van der Waals surface area contributed by atoms with Crippen molar-refractivity contribution in [1.82, 2.24) is 9.47 Å². The predicted molar refractivity (Wildman–Crippen MR) is 118 cm³/mol. The summed E-state index contributed by atoms with van der Waals surface area (Å²) in [4.78, 5) is 26.1. The maximum absolute atomic E-state index is 12.3. The molecule has 1 aliphatic carbocycles. The lowest BCUT2D eigenvalue weighted by Gasteiger charge is -2.20. The second-order valence-corrected chi connectivity index (χ2v) is 8.74. The number of carbonyl (C=O) groups is 2. The summed E-state index contributed by atoms with van der Waals surface area (Å²) < 4.78 is 8.97. The molecule has 0 spiro atoms.